The van der Waals surface area contributed by atoms with E-state index in [4.69, 9.17) is 0 Å². The van der Waals surface area contributed by atoms with Crippen molar-refractivity contribution in [1.82, 2.24) is 25.5 Å². The van der Waals surface area contributed by atoms with E-state index in [9.17, 15) is 4.79 Å². The van der Waals surface area contributed by atoms with Gasteiger partial charge in [0.05, 0.1) is 0 Å². The molecule has 1 aromatic heterocycles. The molecule has 0 aliphatic carbocycles. The number of hydrogen-bond donors (Lipinski definition) is 1. The van der Waals surface area contributed by atoms with Crippen molar-refractivity contribution < 1.29 is 4.79 Å². The van der Waals surface area contributed by atoms with Crippen LogP contribution in [0.15, 0.2) is 5.16 Å². The van der Waals surface area contributed by atoms with Crippen molar-refractivity contribution in [2.45, 2.75) is 50.6 Å². The number of hydrogen-bond acceptors (Lipinski definition) is 5. The van der Waals surface area contributed by atoms with Gasteiger partial charge >= 0.3 is 0 Å². The first kappa shape index (κ1) is 15.9. The molecular weight excluding hydrogens is 262 g/mol. The molecule has 7 heteroatoms. The van der Waals surface area contributed by atoms with Crippen molar-refractivity contribution in [2.75, 3.05) is 12.3 Å². The van der Waals surface area contributed by atoms with E-state index >= 15 is 0 Å². The Labute approximate surface area is 118 Å². The number of rotatable bonds is 10. The number of aromatic nitrogens is 4. The molecule has 1 N–H and O–H groups in total. The fourth-order valence-electron chi connectivity index (χ4n) is 1.61. The van der Waals surface area contributed by atoms with Crippen molar-refractivity contribution in [3.8, 4) is 0 Å². The van der Waals surface area contributed by atoms with Gasteiger partial charge < -0.3 is 5.32 Å². The molecule has 1 aromatic rings. The van der Waals surface area contributed by atoms with Gasteiger partial charge in [0.15, 0.2) is 0 Å². The first-order valence-corrected chi connectivity index (χ1v) is 7.84. The Morgan fingerprint density at radius 2 is 2.16 bits per heavy atom. The predicted molar refractivity (Wildman–Crippen MR) is 75.9 cm³/mol. The monoisotopic (exact) mass is 285 g/mol. The van der Waals surface area contributed by atoms with Gasteiger partial charge in [0.2, 0.25) is 11.1 Å². The zero-order valence-electron chi connectivity index (χ0n) is 11.8. The molecule has 0 spiro atoms. The summed E-state index contributed by atoms with van der Waals surface area (Å²) in [5, 5.41) is 14.9. The molecule has 0 unspecified atom stereocenters. The number of aryl methyl sites for hydroxylation is 1. The maximum atomic E-state index is 11.5. The van der Waals surface area contributed by atoms with Crippen molar-refractivity contribution in [3.63, 3.8) is 0 Å². The maximum Gasteiger partial charge on any atom is 0.220 e. The lowest BCUT2D eigenvalue weighted by atomic mass is 10.2. The molecule has 19 heavy (non-hydrogen) atoms. The largest absolute Gasteiger partial charge is 0.356 e. The van der Waals surface area contributed by atoms with Gasteiger partial charge in [-0.25, -0.2) is 4.68 Å². The number of carbonyl (C=O) groups excluding carboxylic acids is 1. The highest BCUT2D eigenvalue weighted by molar-refractivity contribution is 7.99. The first-order chi connectivity index (χ1) is 9.24. The van der Waals surface area contributed by atoms with Crippen LogP contribution in [0.4, 0.5) is 0 Å². The number of nitrogens with zero attached hydrogens (tertiary/aromatic N) is 4. The van der Waals surface area contributed by atoms with E-state index in [1.807, 2.05) is 7.05 Å². The van der Waals surface area contributed by atoms with Crippen LogP contribution in [0.2, 0.25) is 0 Å². The molecule has 0 aliphatic rings. The Bertz CT molecular complexity index is 369. The minimum absolute atomic E-state index is 0.146. The smallest absolute Gasteiger partial charge is 0.220 e. The number of carbonyl (C=O) groups is 1. The Balaban J connectivity index is 1.97. The molecule has 0 saturated heterocycles. The van der Waals surface area contributed by atoms with Crippen LogP contribution in [0.25, 0.3) is 0 Å². The quantitative estimate of drug-likeness (QED) is 0.524. The number of thioether (sulfide) groups is 1. The molecular formula is C12H23N5OS. The van der Waals surface area contributed by atoms with Crippen LogP contribution in [0.1, 0.15) is 45.4 Å². The molecule has 0 aliphatic heterocycles. The highest BCUT2D eigenvalue weighted by Gasteiger charge is 2.04. The van der Waals surface area contributed by atoms with Crippen molar-refractivity contribution in [2.24, 2.45) is 7.05 Å². The van der Waals surface area contributed by atoms with Gasteiger partial charge in [-0.2, -0.15) is 0 Å². The maximum absolute atomic E-state index is 11.5. The Hall–Kier alpha value is -1.11. The molecule has 0 saturated carbocycles. The van der Waals surface area contributed by atoms with Crippen LogP contribution in [-0.4, -0.2) is 38.4 Å². The minimum atomic E-state index is 0.146. The van der Waals surface area contributed by atoms with Crippen molar-refractivity contribution >= 4 is 17.7 Å². The SMILES string of the molecule is CCCCCCNC(=O)CCCSc1nnnn1C. The summed E-state index contributed by atoms with van der Waals surface area (Å²) in [5.74, 6) is 1.01. The lowest BCUT2D eigenvalue weighted by molar-refractivity contribution is -0.121. The van der Waals surface area contributed by atoms with Gasteiger partial charge in [0, 0.05) is 25.8 Å². The summed E-state index contributed by atoms with van der Waals surface area (Å²) < 4.78 is 1.64. The summed E-state index contributed by atoms with van der Waals surface area (Å²) in [6, 6.07) is 0. The third kappa shape index (κ3) is 7.15. The van der Waals surface area contributed by atoms with Gasteiger partial charge in [-0.1, -0.05) is 37.9 Å². The van der Waals surface area contributed by atoms with E-state index in [0.717, 1.165) is 30.3 Å². The zero-order chi connectivity index (χ0) is 13.9. The lowest BCUT2D eigenvalue weighted by Crippen LogP contribution is -2.24. The van der Waals surface area contributed by atoms with E-state index in [1.165, 1.54) is 19.3 Å². The topological polar surface area (TPSA) is 72.7 Å². The summed E-state index contributed by atoms with van der Waals surface area (Å²) in [6.45, 7) is 2.99. The third-order valence-electron chi connectivity index (χ3n) is 2.71. The summed E-state index contributed by atoms with van der Waals surface area (Å²) in [4.78, 5) is 11.5. The van der Waals surface area contributed by atoms with Gasteiger partial charge in [-0.3, -0.25) is 4.79 Å². The molecule has 0 radical (unpaired) electrons. The van der Waals surface area contributed by atoms with Crippen LogP contribution in [0.5, 0.6) is 0 Å². The second-order valence-electron chi connectivity index (χ2n) is 4.45. The highest BCUT2D eigenvalue weighted by Crippen LogP contribution is 2.14. The van der Waals surface area contributed by atoms with E-state index < -0.39 is 0 Å². The van der Waals surface area contributed by atoms with Crippen LogP contribution in [0.3, 0.4) is 0 Å². The standard InChI is InChI=1S/C12H23N5OS/c1-3-4-5-6-9-13-11(18)8-7-10-19-12-14-15-16-17(12)2/h3-10H2,1-2H3,(H,13,18). The van der Waals surface area contributed by atoms with Crippen LogP contribution in [0, 0.1) is 0 Å². The lowest BCUT2D eigenvalue weighted by Gasteiger charge is -2.04. The molecule has 0 bridgehead atoms. The highest BCUT2D eigenvalue weighted by atomic mass is 32.2. The first-order valence-electron chi connectivity index (χ1n) is 6.86. The minimum Gasteiger partial charge on any atom is -0.356 e. The Morgan fingerprint density at radius 3 is 2.84 bits per heavy atom. The van der Waals surface area contributed by atoms with Crippen molar-refractivity contribution in [3.05, 3.63) is 0 Å². The average Bonchev–Trinajstić information content (AvgIpc) is 2.80. The number of tetrazole rings is 1. The van der Waals surface area contributed by atoms with Gasteiger partial charge in [0.1, 0.15) is 0 Å². The molecule has 0 aromatic carbocycles. The van der Waals surface area contributed by atoms with Gasteiger partial charge in [0.25, 0.3) is 0 Å². The van der Waals surface area contributed by atoms with Crippen LogP contribution < -0.4 is 5.32 Å². The summed E-state index contributed by atoms with van der Waals surface area (Å²) in [7, 11) is 1.81. The van der Waals surface area contributed by atoms with Crippen LogP contribution >= 0.6 is 11.8 Å². The van der Waals surface area contributed by atoms with E-state index in [-0.39, 0.29) is 5.91 Å². The molecule has 108 valence electrons. The fraction of sp³-hybridized carbons (Fsp3) is 0.833. The molecule has 1 rings (SSSR count). The summed E-state index contributed by atoms with van der Waals surface area (Å²) in [6.07, 6.45) is 6.18. The summed E-state index contributed by atoms with van der Waals surface area (Å²) >= 11 is 1.58. The van der Waals surface area contributed by atoms with E-state index in [1.54, 1.807) is 16.4 Å². The predicted octanol–water partition coefficient (Wildman–Crippen LogP) is 1.78. The van der Waals surface area contributed by atoms with E-state index in [0.29, 0.717) is 6.42 Å². The number of nitrogens with one attached hydrogen (secondary N) is 1. The zero-order valence-corrected chi connectivity index (χ0v) is 12.6. The molecule has 0 fully saturated rings. The molecule has 6 nitrogen and oxygen atoms in total. The normalized spacial score (nSPS) is 10.6. The third-order valence-corrected chi connectivity index (χ3v) is 3.81. The molecule has 0 atom stereocenters. The van der Waals surface area contributed by atoms with Crippen molar-refractivity contribution in [1.29, 1.82) is 0 Å². The fourth-order valence-corrected chi connectivity index (χ4v) is 2.40. The Kier molecular flexibility index (Phi) is 8.20. The second kappa shape index (κ2) is 9.77. The van der Waals surface area contributed by atoms with Crippen LogP contribution in [-0.2, 0) is 11.8 Å². The Morgan fingerprint density at radius 1 is 1.32 bits per heavy atom. The average molecular weight is 285 g/mol. The molecule has 1 heterocycles. The summed E-state index contributed by atoms with van der Waals surface area (Å²) in [5.41, 5.74) is 0. The molecule has 1 amide bonds. The van der Waals surface area contributed by atoms with Gasteiger partial charge in [-0.05, 0) is 23.3 Å². The number of amides is 1. The second-order valence-corrected chi connectivity index (χ2v) is 5.51. The number of unbranched alkanes of at least 4 members (excludes halogenated alkanes) is 3. The van der Waals surface area contributed by atoms with Gasteiger partial charge in [-0.15, -0.1) is 5.10 Å². The van der Waals surface area contributed by atoms with E-state index in [2.05, 4.69) is 27.8 Å².